The lowest BCUT2D eigenvalue weighted by molar-refractivity contribution is 0.0696. The molecule has 0 saturated carbocycles. The number of hydrogen-bond donors (Lipinski definition) is 1. The smallest absolute Gasteiger partial charge is 0.339 e. The zero-order valence-electron chi connectivity index (χ0n) is 11.4. The van der Waals surface area contributed by atoms with Gasteiger partial charge < -0.3 is 10.0 Å². The molecule has 0 aliphatic carbocycles. The second kappa shape index (κ2) is 4.26. The van der Waals surface area contributed by atoms with Gasteiger partial charge in [-0.25, -0.2) is 9.78 Å². The van der Waals surface area contributed by atoms with Crippen LogP contribution in [0.25, 0.3) is 0 Å². The topological polar surface area (TPSA) is 53.4 Å². The third kappa shape index (κ3) is 2.07. The molecule has 0 aromatic carbocycles. The fraction of sp³-hybridized carbons (Fsp3) is 0.571. The fourth-order valence-corrected chi connectivity index (χ4v) is 2.78. The Bertz CT molecular complexity index is 495. The van der Waals surface area contributed by atoms with Crippen molar-refractivity contribution in [2.45, 2.75) is 46.1 Å². The lowest BCUT2D eigenvalue weighted by Crippen LogP contribution is -2.40. The average Bonchev–Trinajstić information content (AvgIpc) is 2.55. The highest BCUT2D eigenvalue weighted by atomic mass is 16.4. The molecular formula is C14H20N2O2. The Morgan fingerprint density at radius 1 is 1.44 bits per heavy atom. The molecule has 4 nitrogen and oxygen atoms in total. The summed E-state index contributed by atoms with van der Waals surface area (Å²) < 4.78 is 0. The molecule has 1 aliphatic rings. The summed E-state index contributed by atoms with van der Waals surface area (Å²) in [7, 11) is 0. The van der Waals surface area contributed by atoms with E-state index < -0.39 is 5.97 Å². The number of pyridine rings is 1. The van der Waals surface area contributed by atoms with Gasteiger partial charge in [-0.15, -0.1) is 0 Å². The number of carbonyl (C=O) groups is 1. The molecule has 0 amide bonds. The Balaban J connectivity index is 2.59. The number of hydrogen-bond acceptors (Lipinski definition) is 3. The van der Waals surface area contributed by atoms with Crippen LogP contribution in [0.15, 0.2) is 6.07 Å². The average molecular weight is 248 g/mol. The van der Waals surface area contributed by atoms with Crippen molar-refractivity contribution in [1.82, 2.24) is 4.98 Å². The Hall–Kier alpha value is -1.58. The molecule has 2 rings (SSSR count). The number of aryl methyl sites for hydroxylation is 2. The predicted octanol–water partition coefficient (Wildman–Crippen LogP) is 2.78. The molecule has 1 saturated heterocycles. The lowest BCUT2D eigenvalue weighted by Gasteiger charge is -2.34. The van der Waals surface area contributed by atoms with Gasteiger partial charge in [0.25, 0.3) is 0 Å². The molecule has 2 heterocycles. The first-order chi connectivity index (χ1) is 8.33. The summed E-state index contributed by atoms with van der Waals surface area (Å²) in [5, 5.41) is 9.40. The summed E-state index contributed by atoms with van der Waals surface area (Å²) in [6.45, 7) is 8.91. The monoisotopic (exact) mass is 248 g/mol. The van der Waals surface area contributed by atoms with Crippen LogP contribution in [0.2, 0.25) is 0 Å². The Morgan fingerprint density at radius 2 is 2.11 bits per heavy atom. The zero-order chi connectivity index (χ0) is 13.5. The van der Waals surface area contributed by atoms with Crippen molar-refractivity contribution < 1.29 is 9.90 Å². The van der Waals surface area contributed by atoms with Gasteiger partial charge in [0.05, 0.1) is 0 Å². The number of carboxylic acids is 1. The number of carboxylic acid groups (broad SMARTS) is 1. The van der Waals surface area contributed by atoms with Crippen molar-refractivity contribution in [2.75, 3.05) is 11.4 Å². The van der Waals surface area contributed by atoms with Crippen LogP contribution in [0.5, 0.6) is 0 Å². The molecule has 0 unspecified atom stereocenters. The molecule has 1 aromatic rings. The first-order valence-corrected chi connectivity index (χ1v) is 6.32. The van der Waals surface area contributed by atoms with Crippen molar-refractivity contribution >= 4 is 11.8 Å². The number of aromatic nitrogens is 1. The van der Waals surface area contributed by atoms with Crippen LogP contribution in [0, 0.1) is 13.8 Å². The summed E-state index contributed by atoms with van der Waals surface area (Å²) in [5.74, 6) is -0.264. The number of anilines is 1. The van der Waals surface area contributed by atoms with Crippen LogP contribution in [0.3, 0.4) is 0 Å². The lowest BCUT2D eigenvalue weighted by atomic mass is 10.0. The maximum atomic E-state index is 11.5. The van der Waals surface area contributed by atoms with E-state index in [4.69, 9.17) is 0 Å². The van der Waals surface area contributed by atoms with Gasteiger partial charge in [-0.1, -0.05) is 0 Å². The number of rotatable bonds is 2. The summed E-state index contributed by atoms with van der Waals surface area (Å²) in [5.41, 5.74) is 1.98. The predicted molar refractivity (Wildman–Crippen MR) is 71.3 cm³/mol. The molecule has 0 radical (unpaired) electrons. The molecule has 0 atom stereocenters. The van der Waals surface area contributed by atoms with Gasteiger partial charge in [0, 0.05) is 17.8 Å². The maximum absolute atomic E-state index is 11.5. The van der Waals surface area contributed by atoms with Crippen LogP contribution >= 0.6 is 0 Å². The molecule has 4 heteroatoms. The van der Waals surface area contributed by atoms with Crippen LogP contribution in [0.4, 0.5) is 5.82 Å². The van der Waals surface area contributed by atoms with Crippen LogP contribution in [0.1, 0.15) is 48.3 Å². The maximum Gasteiger partial charge on any atom is 0.339 e. The number of aromatic carboxylic acids is 1. The summed E-state index contributed by atoms with van der Waals surface area (Å²) in [6, 6.07) is 1.83. The van der Waals surface area contributed by atoms with E-state index in [1.54, 1.807) is 0 Å². The Labute approximate surface area is 108 Å². The minimum atomic E-state index is -0.891. The summed E-state index contributed by atoms with van der Waals surface area (Å²) >= 11 is 0. The first kappa shape index (κ1) is 12.9. The van der Waals surface area contributed by atoms with Crippen molar-refractivity contribution in [3.63, 3.8) is 0 Å². The van der Waals surface area contributed by atoms with E-state index in [9.17, 15) is 9.90 Å². The highest BCUT2D eigenvalue weighted by Gasteiger charge is 2.35. The highest BCUT2D eigenvalue weighted by Crippen LogP contribution is 2.35. The quantitative estimate of drug-likeness (QED) is 0.874. The molecule has 1 N–H and O–H groups in total. The fourth-order valence-electron chi connectivity index (χ4n) is 2.78. The SMILES string of the molecule is Cc1cc(C)c(C(=O)O)c(N2CCCC2(C)C)n1. The number of nitrogens with zero attached hydrogens (tertiary/aromatic N) is 2. The molecular weight excluding hydrogens is 228 g/mol. The van der Waals surface area contributed by atoms with Crippen molar-refractivity contribution in [3.8, 4) is 0 Å². The van der Waals surface area contributed by atoms with E-state index in [0.29, 0.717) is 11.4 Å². The van der Waals surface area contributed by atoms with Gasteiger partial charge in [-0.3, -0.25) is 0 Å². The highest BCUT2D eigenvalue weighted by molar-refractivity contribution is 5.95. The molecule has 1 aliphatic heterocycles. The molecule has 98 valence electrons. The van der Waals surface area contributed by atoms with Gasteiger partial charge in [0.2, 0.25) is 0 Å². The summed E-state index contributed by atoms with van der Waals surface area (Å²) in [6.07, 6.45) is 2.15. The van der Waals surface area contributed by atoms with E-state index in [0.717, 1.165) is 30.6 Å². The third-order valence-electron chi connectivity index (χ3n) is 3.70. The Morgan fingerprint density at radius 3 is 2.61 bits per heavy atom. The molecule has 1 fully saturated rings. The van der Waals surface area contributed by atoms with Gasteiger partial charge >= 0.3 is 5.97 Å². The van der Waals surface area contributed by atoms with Crippen molar-refractivity contribution in [2.24, 2.45) is 0 Å². The Kier molecular flexibility index (Phi) is 3.05. The van der Waals surface area contributed by atoms with Gasteiger partial charge in [-0.2, -0.15) is 0 Å². The van der Waals surface area contributed by atoms with Crippen LogP contribution in [-0.4, -0.2) is 28.1 Å². The second-order valence-electron chi connectivity index (χ2n) is 5.65. The minimum Gasteiger partial charge on any atom is -0.478 e. The van der Waals surface area contributed by atoms with E-state index in [2.05, 4.69) is 23.7 Å². The van der Waals surface area contributed by atoms with Crippen molar-refractivity contribution in [1.29, 1.82) is 0 Å². The second-order valence-corrected chi connectivity index (χ2v) is 5.65. The van der Waals surface area contributed by atoms with E-state index >= 15 is 0 Å². The largest absolute Gasteiger partial charge is 0.478 e. The molecule has 0 bridgehead atoms. The third-order valence-corrected chi connectivity index (χ3v) is 3.70. The van der Waals surface area contributed by atoms with Crippen LogP contribution in [-0.2, 0) is 0 Å². The van der Waals surface area contributed by atoms with Gasteiger partial charge in [0.15, 0.2) is 0 Å². The van der Waals surface area contributed by atoms with Gasteiger partial charge in [-0.05, 0) is 52.2 Å². The molecule has 18 heavy (non-hydrogen) atoms. The molecule has 1 aromatic heterocycles. The van der Waals surface area contributed by atoms with E-state index in [1.165, 1.54) is 0 Å². The van der Waals surface area contributed by atoms with Gasteiger partial charge in [0.1, 0.15) is 11.4 Å². The van der Waals surface area contributed by atoms with Crippen molar-refractivity contribution in [3.05, 3.63) is 22.9 Å². The van der Waals surface area contributed by atoms with E-state index in [1.807, 2.05) is 19.9 Å². The minimum absolute atomic E-state index is 0.0164. The normalized spacial score (nSPS) is 18.1. The summed E-state index contributed by atoms with van der Waals surface area (Å²) in [4.78, 5) is 18.1. The molecule has 0 spiro atoms. The standard InChI is InChI=1S/C14H20N2O2/c1-9-8-10(2)15-12(11(9)13(17)18)16-7-5-6-14(16,3)4/h8H,5-7H2,1-4H3,(H,17,18). The zero-order valence-corrected chi connectivity index (χ0v) is 11.4. The van der Waals surface area contributed by atoms with E-state index in [-0.39, 0.29) is 5.54 Å². The van der Waals surface area contributed by atoms with Crippen LogP contribution < -0.4 is 4.90 Å². The first-order valence-electron chi connectivity index (χ1n) is 6.32.